The molecule has 2 rings (SSSR count). The SMILES string of the molecule is CN=C(NC)NC[C@H]1CC[C@@H](c2nc(C)no2)O1.I. The molecule has 0 spiro atoms. The van der Waals surface area contributed by atoms with E-state index >= 15 is 0 Å². The molecular weight excluding hydrogens is 361 g/mol. The molecule has 0 aromatic carbocycles. The maximum absolute atomic E-state index is 5.86. The highest BCUT2D eigenvalue weighted by Crippen LogP contribution is 2.31. The Labute approximate surface area is 129 Å². The van der Waals surface area contributed by atoms with Gasteiger partial charge in [0.15, 0.2) is 11.8 Å². The summed E-state index contributed by atoms with van der Waals surface area (Å²) in [5.74, 6) is 1.98. The van der Waals surface area contributed by atoms with E-state index in [2.05, 4.69) is 25.8 Å². The van der Waals surface area contributed by atoms with E-state index in [-0.39, 0.29) is 36.2 Å². The minimum Gasteiger partial charge on any atom is -0.363 e. The third kappa shape index (κ3) is 4.30. The largest absolute Gasteiger partial charge is 0.363 e. The monoisotopic (exact) mass is 381 g/mol. The average Bonchev–Trinajstić information content (AvgIpc) is 2.99. The molecule has 1 aromatic heterocycles. The molecule has 1 aliphatic rings. The predicted octanol–water partition coefficient (Wildman–Crippen LogP) is 1.01. The van der Waals surface area contributed by atoms with Crippen LogP contribution in [-0.2, 0) is 4.74 Å². The van der Waals surface area contributed by atoms with Crippen molar-refractivity contribution in [1.82, 2.24) is 20.8 Å². The van der Waals surface area contributed by atoms with Crippen molar-refractivity contribution in [2.24, 2.45) is 4.99 Å². The number of ether oxygens (including phenoxy) is 1. The summed E-state index contributed by atoms with van der Waals surface area (Å²) in [5.41, 5.74) is 0. The van der Waals surface area contributed by atoms with Gasteiger partial charge in [-0.1, -0.05) is 5.16 Å². The molecule has 108 valence electrons. The van der Waals surface area contributed by atoms with Crippen LogP contribution in [0.5, 0.6) is 0 Å². The minimum absolute atomic E-state index is 0. The summed E-state index contributed by atoms with van der Waals surface area (Å²) in [6, 6.07) is 0. The maximum atomic E-state index is 5.86. The van der Waals surface area contributed by atoms with Crippen molar-refractivity contribution in [1.29, 1.82) is 0 Å². The highest BCUT2D eigenvalue weighted by Gasteiger charge is 2.30. The van der Waals surface area contributed by atoms with Crippen molar-refractivity contribution < 1.29 is 9.26 Å². The molecule has 0 amide bonds. The van der Waals surface area contributed by atoms with E-state index in [1.54, 1.807) is 14.0 Å². The second kappa shape index (κ2) is 7.63. The van der Waals surface area contributed by atoms with Crippen LogP contribution in [0, 0.1) is 6.92 Å². The summed E-state index contributed by atoms with van der Waals surface area (Å²) in [7, 11) is 3.56. The number of aliphatic imine (C=N–C) groups is 1. The average molecular weight is 381 g/mol. The Kier molecular flexibility index (Phi) is 6.49. The molecule has 1 aromatic rings. The lowest BCUT2D eigenvalue weighted by Gasteiger charge is -2.14. The number of aryl methyl sites for hydroxylation is 1. The number of rotatable bonds is 3. The molecule has 0 radical (unpaired) electrons. The number of guanidine groups is 1. The van der Waals surface area contributed by atoms with Crippen LogP contribution in [0.4, 0.5) is 0 Å². The Morgan fingerprint density at radius 1 is 1.47 bits per heavy atom. The maximum Gasteiger partial charge on any atom is 0.255 e. The molecule has 19 heavy (non-hydrogen) atoms. The summed E-state index contributed by atoms with van der Waals surface area (Å²) in [6.45, 7) is 2.52. The van der Waals surface area contributed by atoms with Crippen LogP contribution in [-0.4, -0.2) is 42.8 Å². The topological polar surface area (TPSA) is 84.6 Å². The van der Waals surface area contributed by atoms with Gasteiger partial charge in [0, 0.05) is 20.6 Å². The molecule has 2 atom stereocenters. The smallest absolute Gasteiger partial charge is 0.255 e. The number of aromatic nitrogens is 2. The zero-order valence-electron chi connectivity index (χ0n) is 11.3. The van der Waals surface area contributed by atoms with Crippen LogP contribution in [0.3, 0.4) is 0 Å². The van der Waals surface area contributed by atoms with Gasteiger partial charge >= 0.3 is 0 Å². The fourth-order valence-corrected chi connectivity index (χ4v) is 1.97. The summed E-state index contributed by atoms with van der Waals surface area (Å²) < 4.78 is 11.0. The van der Waals surface area contributed by atoms with Gasteiger partial charge in [0.1, 0.15) is 6.10 Å². The highest BCUT2D eigenvalue weighted by atomic mass is 127. The number of halogens is 1. The lowest BCUT2D eigenvalue weighted by molar-refractivity contribution is 0.0285. The van der Waals surface area contributed by atoms with E-state index in [0.717, 1.165) is 25.3 Å². The minimum atomic E-state index is -0.0744. The van der Waals surface area contributed by atoms with Gasteiger partial charge in [0.05, 0.1) is 6.10 Å². The number of nitrogens with one attached hydrogen (secondary N) is 2. The second-order valence-corrected chi connectivity index (χ2v) is 4.21. The van der Waals surface area contributed by atoms with Gasteiger partial charge in [-0.15, -0.1) is 24.0 Å². The first-order valence-electron chi connectivity index (χ1n) is 6.07. The van der Waals surface area contributed by atoms with Crippen LogP contribution in [0.25, 0.3) is 0 Å². The van der Waals surface area contributed by atoms with Crippen molar-refractivity contribution in [3.8, 4) is 0 Å². The molecule has 1 saturated heterocycles. The molecule has 2 heterocycles. The van der Waals surface area contributed by atoms with Crippen molar-refractivity contribution in [2.75, 3.05) is 20.6 Å². The van der Waals surface area contributed by atoms with Crippen molar-refractivity contribution >= 4 is 29.9 Å². The summed E-state index contributed by atoms with van der Waals surface area (Å²) >= 11 is 0. The van der Waals surface area contributed by atoms with Gasteiger partial charge < -0.3 is 19.9 Å². The van der Waals surface area contributed by atoms with Gasteiger partial charge in [0.2, 0.25) is 0 Å². The van der Waals surface area contributed by atoms with E-state index in [9.17, 15) is 0 Å². The summed E-state index contributed by atoms with van der Waals surface area (Å²) in [6.07, 6.45) is 1.95. The molecule has 8 heteroatoms. The summed E-state index contributed by atoms with van der Waals surface area (Å²) in [4.78, 5) is 8.24. The van der Waals surface area contributed by atoms with E-state index in [1.165, 1.54) is 0 Å². The normalized spacial score (nSPS) is 23.0. The number of nitrogens with zero attached hydrogens (tertiary/aromatic N) is 3. The van der Waals surface area contributed by atoms with Crippen molar-refractivity contribution in [3.05, 3.63) is 11.7 Å². The number of hydrogen-bond acceptors (Lipinski definition) is 5. The molecule has 2 N–H and O–H groups in total. The first kappa shape index (κ1) is 16.2. The number of hydrogen-bond donors (Lipinski definition) is 2. The standard InChI is InChI=1S/C11H19N5O2.HI/c1-7-15-10(18-16-7)9-5-4-8(17-9)6-14-11(12-2)13-3;/h8-9H,4-6H2,1-3H3,(H2,12,13,14);1H/t8-,9+;/m1./s1. The van der Waals surface area contributed by atoms with Crippen molar-refractivity contribution in [3.63, 3.8) is 0 Å². The van der Waals surface area contributed by atoms with Gasteiger partial charge in [-0.25, -0.2) is 0 Å². The molecule has 1 aliphatic heterocycles. The van der Waals surface area contributed by atoms with E-state index in [1.807, 2.05) is 7.05 Å². The summed E-state index contributed by atoms with van der Waals surface area (Å²) in [5, 5.41) is 9.93. The van der Waals surface area contributed by atoms with Crippen LogP contribution in [0.15, 0.2) is 9.52 Å². The molecular formula is C11H20IN5O2. The second-order valence-electron chi connectivity index (χ2n) is 4.21. The lowest BCUT2D eigenvalue weighted by atomic mass is 10.2. The Morgan fingerprint density at radius 2 is 2.26 bits per heavy atom. The van der Waals surface area contributed by atoms with Gasteiger partial charge in [-0.2, -0.15) is 4.98 Å². The Balaban J connectivity index is 0.00000180. The fourth-order valence-electron chi connectivity index (χ4n) is 1.97. The Hall–Kier alpha value is -0.900. The first-order valence-corrected chi connectivity index (χ1v) is 6.07. The first-order chi connectivity index (χ1) is 8.72. The predicted molar refractivity (Wildman–Crippen MR) is 81.7 cm³/mol. The molecule has 1 fully saturated rings. The Morgan fingerprint density at radius 3 is 2.84 bits per heavy atom. The highest BCUT2D eigenvalue weighted by molar-refractivity contribution is 14.0. The molecule has 7 nitrogen and oxygen atoms in total. The lowest BCUT2D eigenvalue weighted by Crippen LogP contribution is -2.39. The van der Waals surface area contributed by atoms with Gasteiger partial charge in [-0.05, 0) is 19.8 Å². The molecule has 0 bridgehead atoms. The van der Waals surface area contributed by atoms with Gasteiger partial charge in [-0.3, -0.25) is 4.99 Å². The van der Waals surface area contributed by atoms with Crippen molar-refractivity contribution in [2.45, 2.75) is 32.0 Å². The Bertz CT molecular complexity index is 423. The molecule has 0 aliphatic carbocycles. The third-order valence-electron chi connectivity index (χ3n) is 2.88. The van der Waals surface area contributed by atoms with E-state index < -0.39 is 0 Å². The van der Waals surface area contributed by atoms with Crippen LogP contribution in [0.1, 0.15) is 30.7 Å². The molecule has 0 saturated carbocycles. The van der Waals surface area contributed by atoms with Crippen LogP contribution >= 0.6 is 24.0 Å². The zero-order chi connectivity index (χ0) is 13.0. The quantitative estimate of drug-likeness (QED) is 0.462. The molecule has 0 unspecified atom stereocenters. The van der Waals surface area contributed by atoms with Crippen LogP contribution < -0.4 is 10.6 Å². The van der Waals surface area contributed by atoms with E-state index in [0.29, 0.717) is 11.7 Å². The van der Waals surface area contributed by atoms with Gasteiger partial charge in [0.25, 0.3) is 5.89 Å². The van der Waals surface area contributed by atoms with E-state index in [4.69, 9.17) is 9.26 Å². The zero-order valence-corrected chi connectivity index (χ0v) is 13.7. The van der Waals surface area contributed by atoms with Crippen LogP contribution in [0.2, 0.25) is 0 Å². The fraction of sp³-hybridized carbons (Fsp3) is 0.727. The third-order valence-corrected chi connectivity index (χ3v) is 2.88.